The summed E-state index contributed by atoms with van der Waals surface area (Å²) in [4.78, 5) is 22.0. The Bertz CT molecular complexity index is 284. The summed E-state index contributed by atoms with van der Waals surface area (Å²) >= 11 is 0. The molecule has 0 saturated heterocycles. The van der Waals surface area contributed by atoms with E-state index in [9.17, 15) is 9.59 Å². The summed E-state index contributed by atoms with van der Waals surface area (Å²) in [6.07, 6.45) is -0.488. The molecule has 18 heavy (non-hydrogen) atoms. The number of rotatable bonds is 6. The van der Waals surface area contributed by atoms with Crippen molar-refractivity contribution in [3.63, 3.8) is 0 Å². The van der Waals surface area contributed by atoms with Crippen molar-refractivity contribution in [1.82, 2.24) is 10.6 Å². The number of nitrogens with one attached hydrogen (secondary N) is 2. The second kappa shape index (κ2) is 7.20. The van der Waals surface area contributed by atoms with E-state index in [1.807, 2.05) is 13.8 Å². The molecule has 0 saturated carbocycles. The molecule has 6 heteroatoms. The number of aliphatic carboxylic acids is 1. The Hall–Kier alpha value is -1.30. The molecule has 0 aliphatic carbocycles. The van der Waals surface area contributed by atoms with E-state index >= 15 is 0 Å². The average Bonchev–Trinajstić information content (AvgIpc) is 2.12. The molecule has 0 spiro atoms. The monoisotopic (exact) mass is 260 g/mol. The second-order valence-corrected chi connectivity index (χ2v) is 5.52. The minimum absolute atomic E-state index is 0.126. The zero-order valence-corrected chi connectivity index (χ0v) is 11.7. The maximum atomic E-state index is 11.6. The number of hydrogen-bond acceptors (Lipinski definition) is 4. The molecular formula is C12H24N2O4. The number of carboxylic acids is 1. The number of carbonyl (C=O) groups is 2. The molecule has 0 radical (unpaired) electrons. The molecular weight excluding hydrogens is 236 g/mol. The molecule has 0 aliphatic rings. The Morgan fingerprint density at radius 1 is 1.28 bits per heavy atom. The van der Waals surface area contributed by atoms with Crippen LogP contribution in [0.15, 0.2) is 0 Å². The highest BCUT2D eigenvalue weighted by molar-refractivity contribution is 5.69. The molecule has 1 atom stereocenters. The third-order valence-electron chi connectivity index (χ3n) is 2.15. The van der Waals surface area contributed by atoms with Crippen molar-refractivity contribution in [2.45, 2.75) is 46.3 Å². The summed E-state index contributed by atoms with van der Waals surface area (Å²) < 4.78 is 5.15. The summed E-state index contributed by atoms with van der Waals surface area (Å²) in [5, 5.41) is 14.0. The van der Waals surface area contributed by atoms with Gasteiger partial charge in [0.1, 0.15) is 5.60 Å². The van der Waals surface area contributed by atoms with E-state index in [0.717, 1.165) is 0 Å². The van der Waals surface area contributed by atoms with Gasteiger partial charge in [-0.15, -0.1) is 0 Å². The first-order valence-corrected chi connectivity index (χ1v) is 6.04. The molecule has 1 unspecified atom stereocenters. The number of carboxylic acid groups (broad SMARTS) is 1. The van der Waals surface area contributed by atoms with Gasteiger partial charge >= 0.3 is 12.1 Å². The van der Waals surface area contributed by atoms with Crippen LogP contribution in [0.4, 0.5) is 4.79 Å². The van der Waals surface area contributed by atoms with Crippen molar-refractivity contribution < 1.29 is 19.4 Å². The van der Waals surface area contributed by atoms with Crippen LogP contribution in [0.25, 0.3) is 0 Å². The molecule has 0 aromatic rings. The number of hydrogen-bond donors (Lipinski definition) is 3. The van der Waals surface area contributed by atoms with Crippen molar-refractivity contribution in [3.05, 3.63) is 0 Å². The fourth-order valence-electron chi connectivity index (χ4n) is 1.25. The number of alkyl carbamates (subject to hydrolysis) is 1. The van der Waals surface area contributed by atoms with Crippen molar-refractivity contribution >= 4 is 12.1 Å². The molecule has 0 aromatic heterocycles. The van der Waals surface area contributed by atoms with Crippen LogP contribution in [0, 0.1) is 5.92 Å². The highest BCUT2D eigenvalue weighted by atomic mass is 16.6. The first-order valence-electron chi connectivity index (χ1n) is 6.04. The van der Waals surface area contributed by atoms with E-state index in [1.165, 1.54) is 0 Å². The Balaban J connectivity index is 4.19. The second-order valence-electron chi connectivity index (χ2n) is 5.52. The Labute approximate surface area is 108 Å². The Kier molecular flexibility index (Phi) is 6.68. The zero-order valence-electron chi connectivity index (χ0n) is 11.7. The van der Waals surface area contributed by atoms with Gasteiger partial charge in [-0.2, -0.15) is 0 Å². The number of amides is 1. The normalized spacial score (nSPS) is 13.2. The lowest BCUT2D eigenvalue weighted by Gasteiger charge is -2.25. The van der Waals surface area contributed by atoms with Crippen LogP contribution in [0.3, 0.4) is 0 Å². The summed E-state index contributed by atoms with van der Waals surface area (Å²) in [5.74, 6) is -0.742. The molecule has 106 valence electrons. The van der Waals surface area contributed by atoms with Crippen molar-refractivity contribution in [2.24, 2.45) is 5.92 Å². The van der Waals surface area contributed by atoms with Gasteiger partial charge in [0.05, 0.1) is 6.54 Å². The van der Waals surface area contributed by atoms with Gasteiger partial charge in [-0.1, -0.05) is 13.8 Å². The van der Waals surface area contributed by atoms with E-state index in [2.05, 4.69) is 10.6 Å². The molecule has 6 nitrogen and oxygen atoms in total. The Morgan fingerprint density at radius 3 is 2.22 bits per heavy atom. The van der Waals surface area contributed by atoms with Crippen LogP contribution in [0.5, 0.6) is 0 Å². The fraction of sp³-hybridized carbons (Fsp3) is 0.833. The summed E-state index contributed by atoms with van der Waals surface area (Å²) in [6.45, 7) is 9.54. The molecule has 0 aliphatic heterocycles. The lowest BCUT2D eigenvalue weighted by molar-refractivity contribution is -0.135. The predicted octanol–water partition coefficient (Wildman–Crippen LogP) is 1.21. The van der Waals surface area contributed by atoms with Gasteiger partial charge in [-0.05, 0) is 26.7 Å². The molecule has 0 bridgehead atoms. The van der Waals surface area contributed by atoms with Crippen LogP contribution in [0.2, 0.25) is 0 Å². The average molecular weight is 260 g/mol. The van der Waals surface area contributed by atoms with Crippen LogP contribution in [0.1, 0.15) is 34.6 Å². The smallest absolute Gasteiger partial charge is 0.407 e. The van der Waals surface area contributed by atoms with E-state index in [4.69, 9.17) is 9.84 Å². The maximum Gasteiger partial charge on any atom is 0.407 e. The molecule has 0 fully saturated rings. The predicted molar refractivity (Wildman–Crippen MR) is 68.5 cm³/mol. The minimum Gasteiger partial charge on any atom is -0.480 e. The summed E-state index contributed by atoms with van der Waals surface area (Å²) in [5.41, 5.74) is -0.542. The highest BCUT2D eigenvalue weighted by Gasteiger charge is 2.21. The van der Waals surface area contributed by atoms with E-state index in [-0.39, 0.29) is 18.5 Å². The Morgan fingerprint density at radius 2 is 1.83 bits per heavy atom. The van der Waals surface area contributed by atoms with E-state index < -0.39 is 17.7 Å². The molecule has 0 heterocycles. The molecule has 3 N–H and O–H groups in total. The third kappa shape index (κ3) is 8.81. The first-order chi connectivity index (χ1) is 8.11. The topological polar surface area (TPSA) is 87.7 Å². The quantitative estimate of drug-likeness (QED) is 0.668. The van der Waals surface area contributed by atoms with Crippen molar-refractivity contribution in [3.8, 4) is 0 Å². The fourth-order valence-corrected chi connectivity index (χ4v) is 1.25. The standard InChI is InChI=1S/C12H24N2O4/c1-8(2)9(6-13-7-10(15)16)14-11(17)18-12(3,4)5/h8-9,13H,6-7H2,1-5H3,(H,14,17)(H,15,16). The first kappa shape index (κ1) is 16.7. The maximum absolute atomic E-state index is 11.6. The third-order valence-corrected chi connectivity index (χ3v) is 2.15. The molecule has 1 amide bonds. The lowest BCUT2D eigenvalue weighted by atomic mass is 10.0. The lowest BCUT2D eigenvalue weighted by Crippen LogP contribution is -2.47. The van der Waals surface area contributed by atoms with Gasteiger partial charge in [0.15, 0.2) is 0 Å². The van der Waals surface area contributed by atoms with Crippen LogP contribution < -0.4 is 10.6 Å². The van der Waals surface area contributed by atoms with Crippen molar-refractivity contribution in [2.75, 3.05) is 13.1 Å². The van der Waals surface area contributed by atoms with E-state index in [1.54, 1.807) is 20.8 Å². The summed E-state index contributed by atoms with van der Waals surface area (Å²) in [7, 11) is 0. The summed E-state index contributed by atoms with van der Waals surface area (Å²) in [6, 6.07) is -0.167. The number of ether oxygens (including phenoxy) is 1. The van der Waals surface area contributed by atoms with Gasteiger partial charge in [-0.25, -0.2) is 4.79 Å². The van der Waals surface area contributed by atoms with Crippen LogP contribution in [-0.4, -0.2) is 41.9 Å². The molecule has 0 aromatic carbocycles. The highest BCUT2D eigenvalue weighted by Crippen LogP contribution is 2.08. The van der Waals surface area contributed by atoms with Gasteiger partial charge in [-0.3, -0.25) is 4.79 Å². The van der Waals surface area contributed by atoms with Gasteiger partial charge in [0, 0.05) is 12.6 Å². The van der Waals surface area contributed by atoms with Gasteiger partial charge in [0.2, 0.25) is 0 Å². The van der Waals surface area contributed by atoms with E-state index in [0.29, 0.717) is 6.54 Å². The van der Waals surface area contributed by atoms with Gasteiger partial charge in [0.25, 0.3) is 0 Å². The minimum atomic E-state index is -0.922. The van der Waals surface area contributed by atoms with Gasteiger partial charge < -0.3 is 20.5 Å². The number of carbonyl (C=O) groups excluding carboxylic acids is 1. The zero-order chi connectivity index (χ0) is 14.3. The van der Waals surface area contributed by atoms with Crippen LogP contribution in [-0.2, 0) is 9.53 Å². The SMILES string of the molecule is CC(C)C(CNCC(=O)O)NC(=O)OC(C)(C)C. The van der Waals surface area contributed by atoms with Crippen LogP contribution >= 0.6 is 0 Å². The molecule has 0 rings (SSSR count). The van der Waals surface area contributed by atoms with Crippen molar-refractivity contribution in [1.29, 1.82) is 0 Å². The largest absolute Gasteiger partial charge is 0.480 e.